The monoisotopic (exact) mass is 337 g/mol. The van der Waals surface area contributed by atoms with Crippen molar-refractivity contribution in [2.75, 3.05) is 13.1 Å². The molecule has 2 aromatic rings. The molecule has 0 saturated carbocycles. The predicted molar refractivity (Wildman–Crippen MR) is 96.6 cm³/mol. The van der Waals surface area contributed by atoms with E-state index in [1.807, 2.05) is 17.0 Å². The van der Waals surface area contributed by atoms with E-state index in [0.717, 1.165) is 25.1 Å². The van der Waals surface area contributed by atoms with Crippen LogP contribution >= 0.6 is 0 Å². The fourth-order valence-corrected chi connectivity index (χ4v) is 3.67. The Labute approximate surface area is 148 Å². The van der Waals surface area contributed by atoms with Crippen LogP contribution in [0.3, 0.4) is 0 Å². The zero-order valence-electron chi connectivity index (χ0n) is 14.4. The van der Waals surface area contributed by atoms with Gasteiger partial charge in [0.25, 0.3) is 0 Å². The summed E-state index contributed by atoms with van der Waals surface area (Å²) in [6, 6.07) is 17.1. The molecule has 0 spiro atoms. The lowest BCUT2D eigenvalue weighted by atomic mass is 9.81. The van der Waals surface area contributed by atoms with Crippen LogP contribution in [0.25, 0.3) is 0 Å². The number of hydrogen-bond acceptors (Lipinski definition) is 2. The van der Waals surface area contributed by atoms with Gasteiger partial charge in [-0.05, 0) is 41.5 Å². The fraction of sp³-hybridized carbons (Fsp3) is 0.333. The zero-order valence-corrected chi connectivity index (χ0v) is 14.4. The number of carbonyl (C=O) groups is 2. The summed E-state index contributed by atoms with van der Waals surface area (Å²) < 4.78 is 0. The van der Waals surface area contributed by atoms with E-state index in [4.69, 9.17) is 5.11 Å². The van der Waals surface area contributed by atoms with Gasteiger partial charge in [0.2, 0.25) is 5.91 Å². The van der Waals surface area contributed by atoms with Crippen LogP contribution in [0, 0.1) is 5.92 Å². The second-order valence-corrected chi connectivity index (χ2v) is 6.81. The number of amides is 1. The first-order valence-electron chi connectivity index (χ1n) is 8.69. The molecule has 1 N–H and O–H groups in total. The molecule has 4 nitrogen and oxygen atoms in total. The molecule has 0 aliphatic carbocycles. The van der Waals surface area contributed by atoms with Crippen LogP contribution in [0.4, 0.5) is 0 Å². The number of carboxylic acids is 1. The molecule has 25 heavy (non-hydrogen) atoms. The molecular weight excluding hydrogens is 314 g/mol. The molecule has 130 valence electrons. The molecule has 1 amide bonds. The standard InChI is InChI=1S/C21H23NO3/c1-15-14-22(11-10-19(15)17-7-3-2-4-8-17)20(23)13-16-6-5-9-18(12-16)21(24)25/h2-9,12,15,19H,10-11,13-14H2,1H3,(H,24,25). The highest BCUT2D eigenvalue weighted by Gasteiger charge is 2.29. The minimum Gasteiger partial charge on any atom is -0.478 e. The highest BCUT2D eigenvalue weighted by Crippen LogP contribution is 2.32. The quantitative estimate of drug-likeness (QED) is 0.928. The van der Waals surface area contributed by atoms with Gasteiger partial charge >= 0.3 is 5.97 Å². The van der Waals surface area contributed by atoms with Crippen molar-refractivity contribution in [3.05, 3.63) is 71.3 Å². The molecule has 0 radical (unpaired) electrons. The van der Waals surface area contributed by atoms with Gasteiger partial charge in [0.05, 0.1) is 12.0 Å². The van der Waals surface area contributed by atoms with Crippen LogP contribution in [-0.4, -0.2) is 35.0 Å². The lowest BCUT2D eigenvalue weighted by Gasteiger charge is -2.37. The molecular formula is C21H23NO3. The molecule has 2 atom stereocenters. The van der Waals surface area contributed by atoms with E-state index in [0.29, 0.717) is 11.8 Å². The number of piperidine rings is 1. The normalized spacial score (nSPS) is 20.3. The molecule has 1 saturated heterocycles. The first kappa shape index (κ1) is 17.2. The Morgan fingerprint density at radius 1 is 1.12 bits per heavy atom. The highest BCUT2D eigenvalue weighted by molar-refractivity contribution is 5.88. The van der Waals surface area contributed by atoms with Gasteiger partial charge in [-0.2, -0.15) is 0 Å². The Morgan fingerprint density at radius 3 is 2.56 bits per heavy atom. The smallest absolute Gasteiger partial charge is 0.335 e. The highest BCUT2D eigenvalue weighted by atomic mass is 16.4. The zero-order chi connectivity index (χ0) is 17.8. The van der Waals surface area contributed by atoms with Crippen molar-refractivity contribution >= 4 is 11.9 Å². The van der Waals surface area contributed by atoms with Gasteiger partial charge in [0, 0.05) is 13.1 Å². The number of carbonyl (C=O) groups excluding carboxylic acids is 1. The summed E-state index contributed by atoms with van der Waals surface area (Å²) in [5.74, 6) is -0.00135. The summed E-state index contributed by atoms with van der Waals surface area (Å²) >= 11 is 0. The Morgan fingerprint density at radius 2 is 1.88 bits per heavy atom. The van der Waals surface area contributed by atoms with Crippen LogP contribution in [0.2, 0.25) is 0 Å². The van der Waals surface area contributed by atoms with Gasteiger partial charge in [0.1, 0.15) is 0 Å². The van der Waals surface area contributed by atoms with Crippen molar-refractivity contribution in [2.24, 2.45) is 5.92 Å². The summed E-state index contributed by atoms with van der Waals surface area (Å²) in [6.45, 7) is 3.69. The number of rotatable bonds is 4. The Hall–Kier alpha value is -2.62. The minimum absolute atomic E-state index is 0.0703. The van der Waals surface area contributed by atoms with Crippen LogP contribution in [0.1, 0.15) is 40.7 Å². The van der Waals surface area contributed by atoms with E-state index in [-0.39, 0.29) is 17.9 Å². The average molecular weight is 337 g/mol. The fourth-order valence-electron chi connectivity index (χ4n) is 3.67. The average Bonchev–Trinajstić information content (AvgIpc) is 2.62. The van der Waals surface area contributed by atoms with Crippen molar-refractivity contribution in [3.8, 4) is 0 Å². The maximum Gasteiger partial charge on any atom is 0.335 e. The van der Waals surface area contributed by atoms with E-state index >= 15 is 0 Å². The SMILES string of the molecule is CC1CN(C(=O)Cc2cccc(C(=O)O)c2)CCC1c1ccccc1. The minimum atomic E-state index is -0.966. The van der Waals surface area contributed by atoms with Gasteiger partial charge in [-0.3, -0.25) is 4.79 Å². The Kier molecular flexibility index (Phi) is 5.17. The topological polar surface area (TPSA) is 57.6 Å². The number of hydrogen-bond donors (Lipinski definition) is 1. The lowest BCUT2D eigenvalue weighted by Crippen LogP contribution is -2.42. The third kappa shape index (κ3) is 4.08. The molecule has 1 fully saturated rings. The summed E-state index contributed by atoms with van der Waals surface area (Å²) in [4.78, 5) is 25.6. The Balaban J connectivity index is 1.63. The van der Waals surface area contributed by atoms with E-state index in [9.17, 15) is 9.59 Å². The van der Waals surface area contributed by atoms with Crippen LogP contribution < -0.4 is 0 Å². The van der Waals surface area contributed by atoms with Crippen LogP contribution in [0.5, 0.6) is 0 Å². The van der Waals surface area contributed by atoms with Crippen LogP contribution in [-0.2, 0) is 11.2 Å². The van der Waals surface area contributed by atoms with Crippen LogP contribution in [0.15, 0.2) is 54.6 Å². The summed E-state index contributed by atoms with van der Waals surface area (Å²) in [5, 5.41) is 9.07. The van der Waals surface area contributed by atoms with Gasteiger partial charge in [-0.15, -0.1) is 0 Å². The molecule has 0 aromatic heterocycles. The van der Waals surface area contributed by atoms with Gasteiger partial charge < -0.3 is 10.0 Å². The van der Waals surface area contributed by atoms with Crippen molar-refractivity contribution in [3.63, 3.8) is 0 Å². The van der Waals surface area contributed by atoms with Gasteiger partial charge in [-0.1, -0.05) is 49.4 Å². The van der Waals surface area contributed by atoms with Crippen molar-refractivity contribution < 1.29 is 14.7 Å². The van der Waals surface area contributed by atoms with E-state index in [1.54, 1.807) is 18.2 Å². The first-order valence-corrected chi connectivity index (χ1v) is 8.69. The summed E-state index contributed by atoms with van der Waals surface area (Å²) in [6.07, 6.45) is 1.22. The molecule has 1 aliphatic heterocycles. The third-order valence-electron chi connectivity index (χ3n) is 5.01. The van der Waals surface area contributed by atoms with Crippen molar-refractivity contribution in [1.82, 2.24) is 4.90 Å². The molecule has 1 aliphatic rings. The number of aromatic carboxylic acids is 1. The second kappa shape index (κ2) is 7.51. The van der Waals surface area contributed by atoms with E-state index in [2.05, 4.69) is 31.2 Å². The van der Waals surface area contributed by atoms with E-state index in [1.165, 1.54) is 5.56 Å². The lowest BCUT2D eigenvalue weighted by molar-refractivity contribution is -0.132. The maximum absolute atomic E-state index is 12.6. The van der Waals surface area contributed by atoms with Gasteiger partial charge in [0.15, 0.2) is 0 Å². The summed E-state index contributed by atoms with van der Waals surface area (Å²) in [5.41, 5.74) is 2.32. The molecule has 1 heterocycles. The predicted octanol–water partition coefficient (Wildman–Crippen LogP) is 3.58. The number of likely N-dealkylation sites (tertiary alicyclic amines) is 1. The molecule has 2 aromatic carbocycles. The van der Waals surface area contributed by atoms with Crippen molar-refractivity contribution in [2.45, 2.75) is 25.7 Å². The molecule has 3 rings (SSSR count). The Bertz CT molecular complexity index is 757. The number of carboxylic acid groups (broad SMARTS) is 1. The molecule has 4 heteroatoms. The maximum atomic E-state index is 12.6. The number of nitrogens with zero attached hydrogens (tertiary/aromatic N) is 1. The second-order valence-electron chi connectivity index (χ2n) is 6.81. The number of benzene rings is 2. The first-order chi connectivity index (χ1) is 12.0. The third-order valence-corrected chi connectivity index (χ3v) is 5.01. The van der Waals surface area contributed by atoms with Gasteiger partial charge in [-0.25, -0.2) is 4.79 Å². The molecule has 0 bridgehead atoms. The van der Waals surface area contributed by atoms with Crippen molar-refractivity contribution in [1.29, 1.82) is 0 Å². The molecule has 2 unspecified atom stereocenters. The largest absolute Gasteiger partial charge is 0.478 e. The summed E-state index contributed by atoms with van der Waals surface area (Å²) in [7, 11) is 0. The van der Waals surface area contributed by atoms with E-state index < -0.39 is 5.97 Å².